The quantitative estimate of drug-likeness (QED) is 0.801. The van der Waals surface area contributed by atoms with Crippen molar-refractivity contribution in [3.05, 3.63) is 41.0 Å². The summed E-state index contributed by atoms with van der Waals surface area (Å²) >= 11 is 6.18. The van der Waals surface area contributed by atoms with Crippen LogP contribution in [0.3, 0.4) is 0 Å². The standard InChI is InChI=1S/C15H16ClNO2/c16-15-12(9-18-10-13-5-3-7-19-13)8-11-4-1-2-6-14(11)17-15/h1-2,4,6,8,13H,3,5,7,9-10H2. The van der Waals surface area contributed by atoms with Gasteiger partial charge < -0.3 is 9.47 Å². The molecule has 0 radical (unpaired) electrons. The molecule has 0 amide bonds. The SMILES string of the molecule is Clc1nc2ccccc2cc1COCC1CCCO1. The number of para-hydroxylation sites is 1. The predicted octanol–water partition coefficient (Wildman–Crippen LogP) is 3.58. The van der Waals surface area contributed by atoms with E-state index in [1.54, 1.807) is 0 Å². The number of pyridine rings is 1. The summed E-state index contributed by atoms with van der Waals surface area (Å²) in [4.78, 5) is 4.38. The molecular weight excluding hydrogens is 262 g/mol. The van der Waals surface area contributed by atoms with Gasteiger partial charge in [0.1, 0.15) is 5.15 Å². The fourth-order valence-electron chi connectivity index (χ4n) is 2.31. The molecule has 1 aliphatic rings. The number of fused-ring (bicyclic) bond motifs is 1. The molecule has 2 heterocycles. The van der Waals surface area contributed by atoms with Crippen LogP contribution in [-0.2, 0) is 16.1 Å². The highest BCUT2D eigenvalue weighted by Gasteiger charge is 2.15. The van der Waals surface area contributed by atoms with Crippen LogP contribution in [0.5, 0.6) is 0 Å². The summed E-state index contributed by atoms with van der Waals surface area (Å²) in [7, 11) is 0. The molecule has 0 bridgehead atoms. The molecule has 3 rings (SSSR count). The van der Waals surface area contributed by atoms with Crippen LogP contribution in [0.25, 0.3) is 10.9 Å². The van der Waals surface area contributed by atoms with Crippen molar-refractivity contribution in [2.45, 2.75) is 25.6 Å². The Bertz CT molecular complexity index is 567. The Kier molecular flexibility index (Phi) is 3.97. The van der Waals surface area contributed by atoms with Crippen LogP contribution in [0, 0.1) is 0 Å². The molecule has 0 N–H and O–H groups in total. The Hall–Kier alpha value is -1.16. The van der Waals surface area contributed by atoms with E-state index >= 15 is 0 Å². The van der Waals surface area contributed by atoms with E-state index in [-0.39, 0.29) is 6.10 Å². The summed E-state index contributed by atoms with van der Waals surface area (Å²) in [6.07, 6.45) is 2.46. The zero-order chi connectivity index (χ0) is 13.1. The van der Waals surface area contributed by atoms with E-state index in [2.05, 4.69) is 4.98 Å². The summed E-state index contributed by atoms with van der Waals surface area (Å²) in [5.74, 6) is 0. The van der Waals surface area contributed by atoms with Crippen LogP contribution < -0.4 is 0 Å². The normalized spacial score (nSPS) is 19.1. The minimum absolute atomic E-state index is 0.243. The van der Waals surface area contributed by atoms with Crippen molar-refractivity contribution in [3.63, 3.8) is 0 Å². The van der Waals surface area contributed by atoms with Crippen LogP contribution in [0.1, 0.15) is 18.4 Å². The van der Waals surface area contributed by atoms with Crippen LogP contribution in [-0.4, -0.2) is 24.3 Å². The van der Waals surface area contributed by atoms with Gasteiger partial charge >= 0.3 is 0 Å². The van der Waals surface area contributed by atoms with E-state index in [0.29, 0.717) is 18.4 Å². The number of ether oxygens (including phenoxy) is 2. The number of rotatable bonds is 4. The van der Waals surface area contributed by atoms with E-state index < -0.39 is 0 Å². The topological polar surface area (TPSA) is 31.4 Å². The lowest BCUT2D eigenvalue weighted by Gasteiger charge is -2.11. The highest BCUT2D eigenvalue weighted by molar-refractivity contribution is 6.30. The van der Waals surface area contributed by atoms with E-state index in [1.807, 2.05) is 30.3 Å². The lowest BCUT2D eigenvalue weighted by atomic mass is 10.2. The molecule has 0 aliphatic carbocycles. The molecule has 4 heteroatoms. The first kappa shape index (κ1) is 12.9. The highest BCUT2D eigenvalue weighted by atomic mass is 35.5. The summed E-state index contributed by atoms with van der Waals surface area (Å²) in [6.45, 7) is 1.96. The molecule has 19 heavy (non-hydrogen) atoms. The van der Waals surface area contributed by atoms with E-state index in [9.17, 15) is 0 Å². The van der Waals surface area contributed by atoms with Crippen molar-refractivity contribution < 1.29 is 9.47 Å². The van der Waals surface area contributed by atoms with Gasteiger partial charge in [-0.25, -0.2) is 4.98 Å². The number of benzene rings is 1. The largest absolute Gasteiger partial charge is 0.376 e. The molecule has 1 fully saturated rings. The van der Waals surface area contributed by atoms with E-state index in [0.717, 1.165) is 35.9 Å². The second kappa shape index (κ2) is 5.87. The number of hydrogen-bond donors (Lipinski definition) is 0. The average Bonchev–Trinajstić information content (AvgIpc) is 2.92. The summed E-state index contributed by atoms with van der Waals surface area (Å²) in [5.41, 5.74) is 1.84. The maximum atomic E-state index is 6.18. The summed E-state index contributed by atoms with van der Waals surface area (Å²) in [5, 5.41) is 1.61. The minimum Gasteiger partial charge on any atom is -0.376 e. The molecule has 0 spiro atoms. The fraction of sp³-hybridized carbons (Fsp3) is 0.400. The van der Waals surface area contributed by atoms with Crippen molar-refractivity contribution in [2.75, 3.05) is 13.2 Å². The van der Waals surface area contributed by atoms with Gasteiger partial charge in [0.05, 0.1) is 24.8 Å². The van der Waals surface area contributed by atoms with Crippen molar-refractivity contribution in [3.8, 4) is 0 Å². The number of halogens is 1. The molecule has 2 aromatic rings. The van der Waals surface area contributed by atoms with Gasteiger partial charge in [-0.05, 0) is 25.0 Å². The van der Waals surface area contributed by atoms with Gasteiger partial charge in [0, 0.05) is 17.6 Å². The number of aromatic nitrogens is 1. The average molecular weight is 278 g/mol. The first-order valence-electron chi connectivity index (χ1n) is 6.56. The molecular formula is C15H16ClNO2. The molecule has 0 saturated carbocycles. The Balaban J connectivity index is 1.67. The third kappa shape index (κ3) is 3.06. The van der Waals surface area contributed by atoms with Crippen LogP contribution in [0.4, 0.5) is 0 Å². The third-order valence-corrected chi connectivity index (χ3v) is 3.66. The Morgan fingerprint density at radius 1 is 1.37 bits per heavy atom. The maximum absolute atomic E-state index is 6.18. The zero-order valence-electron chi connectivity index (χ0n) is 10.6. The molecule has 3 nitrogen and oxygen atoms in total. The first-order valence-corrected chi connectivity index (χ1v) is 6.94. The predicted molar refractivity (Wildman–Crippen MR) is 75.4 cm³/mol. The Morgan fingerprint density at radius 3 is 3.11 bits per heavy atom. The second-order valence-electron chi connectivity index (χ2n) is 4.78. The van der Waals surface area contributed by atoms with Crippen molar-refractivity contribution >= 4 is 22.5 Å². The van der Waals surface area contributed by atoms with Crippen LogP contribution in [0.15, 0.2) is 30.3 Å². The summed E-state index contributed by atoms with van der Waals surface area (Å²) < 4.78 is 11.2. The molecule has 1 aromatic carbocycles. The van der Waals surface area contributed by atoms with Crippen LogP contribution >= 0.6 is 11.6 Å². The van der Waals surface area contributed by atoms with E-state index in [1.165, 1.54) is 0 Å². The summed E-state index contributed by atoms with van der Waals surface area (Å²) in [6, 6.07) is 9.98. The molecule has 100 valence electrons. The van der Waals surface area contributed by atoms with Gasteiger partial charge in [0.15, 0.2) is 0 Å². The van der Waals surface area contributed by atoms with Gasteiger partial charge in [0.2, 0.25) is 0 Å². The smallest absolute Gasteiger partial charge is 0.135 e. The lowest BCUT2D eigenvalue weighted by Crippen LogP contribution is -2.14. The fourth-order valence-corrected chi connectivity index (χ4v) is 2.51. The molecule has 1 unspecified atom stereocenters. The molecule has 1 aromatic heterocycles. The van der Waals surface area contributed by atoms with Gasteiger partial charge in [-0.1, -0.05) is 29.8 Å². The van der Waals surface area contributed by atoms with Crippen molar-refractivity contribution in [1.82, 2.24) is 4.98 Å². The number of nitrogens with zero attached hydrogens (tertiary/aromatic N) is 1. The minimum atomic E-state index is 0.243. The van der Waals surface area contributed by atoms with Gasteiger partial charge in [-0.15, -0.1) is 0 Å². The molecule has 1 aliphatic heterocycles. The first-order chi connectivity index (χ1) is 9.33. The molecule has 1 saturated heterocycles. The lowest BCUT2D eigenvalue weighted by molar-refractivity contribution is 0.0106. The molecule has 1 atom stereocenters. The maximum Gasteiger partial charge on any atom is 0.135 e. The second-order valence-corrected chi connectivity index (χ2v) is 5.14. The third-order valence-electron chi connectivity index (χ3n) is 3.34. The van der Waals surface area contributed by atoms with Crippen molar-refractivity contribution in [2.24, 2.45) is 0 Å². The van der Waals surface area contributed by atoms with Crippen molar-refractivity contribution in [1.29, 1.82) is 0 Å². The van der Waals surface area contributed by atoms with Gasteiger partial charge in [0.25, 0.3) is 0 Å². The number of hydrogen-bond acceptors (Lipinski definition) is 3. The Labute approximate surface area is 117 Å². The Morgan fingerprint density at radius 2 is 2.26 bits per heavy atom. The highest BCUT2D eigenvalue weighted by Crippen LogP contribution is 2.21. The van der Waals surface area contributed by atoms with Gasteiger partial charge in [-0.3, -0.25) is 0 Å². The zero-order valence-corrected chi connectivity index (χ0v) is 11.4. The van der Waals surface area contributed by atoms with Gasteiger partial charge in [-0.2, -0.15) is 0 Å². The monoisotopic (exact) mass is 277 g/mol. The van der Waals surface area contributed by atoms with Crippen LogP contribution in [0.2, 0.25) is 5.15 Å². The van der Waals surface area contributed by atoms with E-state index in [4.69, 9.17) is 21.1 Å².